The summed E-state index contributed by atoms with van der Waals surface area (Å²) in [6, 6.07) is 0. The Morgan fingerprint density at radius 2 is 0.750 bits per heavy atom. The Morgan fingerprint density at radius 3 is 0.750 bits per heavy atom. The molecule has 0 aliphatic heterocycles. The Balaban J connectivity index is 0. The molecule has 0 aromatic carbocycles. The van der Waals surface area contributed by atoms with Crippen molar-refractivity contribution in [3.8, 4) is 0 Å². The Morgan fingerprint density at radius 1 is 0.750 bits per heavy atom. The first-order chi connectivity index (χ1) is 0. The van der Waals surface area contributed by atoms with Gasteiger partial charge in [0.05, 0.1) is 0 Å². The van der Waals surface area contributed by atoms with Gasteiger partial charge in [0, 0.05) is 0 Å². The summed E-state index contributed by atoms with van der Waals surface area (Å²) < 4.78 is 0. The molecule has 0 aliphatic rings. The molecule has 4 heavy (non-hydrogen) atoms. The van der Waals surface area contributed by atoms with E-state index in [9.17, 15) is 0 Å². The zero-order chi connectivity index (χ0) is 0. The first-order valence-electron chi connectivity index (χ1n) is 0. The van der Waals surface area contributed by atoms with E-state index in [1.165, 1.54) is 0 Å². The Bertz CT molecular complexity index is 6.00. The van der Waals surface area contributed by atoms with E-state index in [2.05, 4.69) is 0 Å². The minimum atomic E-state index is 0. The summed E-state index contributed by atoms with van der Waals surface area (Å²) >= 11 is 0. The molecule has 0 rings (SSSR count). The van der Waals surface area contributed by atoms with Crippen molar-refractivity contribution in [3.63, 3.8) is 0 Å². The summed E-state index contributed by atoms with van der Waals surface area (Å²) in [7, 11) is 0. The molecule has 0 aromatic heterocycles. The summed E-state index contributed by atoms with van der Waals surface area (Å²) in [5.41, 5.74) is 0. The van der Waals surface area contributed by atoms with E-state index in [4.69, 9.17) is 0 Å². The smallest absolute Gasteiger partial charge is 2.00 e. The molecule has 0 amide bonds. The van der Waals surface area contributed by atoms with Crippen molar-refractivity contribution >= 4 is 27.3 Å². The molecule has 2 nitrogen and oxygen atoms in total. The van der Waals surface area contributed by atoms with Crippen LogP contribution in [0.15, 0.2) is 0 Å². The molecule has 23 valence electrons. The first-order valence-corrected chi connectivity index (χ1v) is 0. The quantitative estimate of drug-likeness (QED) is 0.534. The normalized spacial score (nSPS) is 0. The largest absolute Gasteiger partial charge is 3.00 e. The van der Waals surface area contributed by atoms with Crippen LogP contribution in [-0.4, -0.2) is 27.3 Å². The molecule has 0 bridgehead atoms. The van der Waals surface area contributed by atoms with Crippen LogP contribution in [0.5, 0.6) is 0 Å². The standard InChI is InChI=1S/Fe.2O.Tl/q+3;2*-2;+1. The molecule has 0 spiro atoms. The van der Waals surface area contributed by atoms with Crippen LogP contribution in [0.3, 0.4) is 0 Å². The van der Waals surface area contributed by atoms with Crippen molar-refractivity contribution in [2.45, 2.75) is 0 Å². The van der Waals surface area contributed by atoms with Crippen molar-refractivity contribution in [2.24, 2.45) is 0 Å². The predicted molar refractivity (Wildman–Crippen MR) is 7.13 cm³/mol. The van der Waals surface area contributed by atoms with E-state index in [0.717, 1.165) is 0 Å². The van der Waals surface area contributed by atoms with Crippen molar-refractivity contribution in [2.75, 3.05) is 0 Å². The average molecular weight is 292 g/mol. The van der Waals surface area contributed by atoms with Crippen LogP contribution in [0.2, 0.25) is 0 Å². The number of rotatable bonds is 0. The Hall–Kier alpha value is 1.36. The van der Waals surface area contributed by atoms with Gasteiger partial charge >= 0.3 is 44.4 Å². The second kappa shape index (κ2) is 26.6. The second-order valence-electron chi connectivity index (χ2n) is 0. The van der Waals surface area contributed by atoms with Crippen molar-refractivity contribution < 1.29 is 28.0 Å². The molecule has 0 N–H and O–H groups in total. The van der Waals surface area contributed by atoms with Gasteiger partial charge in [0.2, 0.25) is 0 Å². The van der Waals surface area contributed by atoms with Crippen LogP contribution < -0.4 is 0 Å². The molecule has 0 unspecified atom stereocenters. The fraction of sp³-hybridized carbons (Fsp3) is 0. The minimum Gasteiger partial charge on any atom is -2.00 e. The fourth-order valence-corrected chi connectivity index (χ4v) is 0. The van der Waals surface area contributed by atoms with E-state index >= 15 is 0 Å². The van der Waals surface area contributed by atoms with Crippen molar-refractivity contribution in [1.29, 1.82) is 0 Å². The maximum Gasteiger partial charge on any atom is 3.00 e. The zero-order valence-corrected chi connectivity index (χ0v) is 7.34. The van der Waals surface area contributed by atoms with Crippen LogP contribution >= 0.6 is 0 Å². The van der Waals surface area contributed by atoms with Crippen LogP contribution in [0, 0.1) is 0 Å². The van der Waals surface area contributed by atoms with Crippen LogP contribution in [-0.2, 0) is 28.0 Å². The maximum absolute atomic E-state index is 0. The summed E-state index contributed by atoms with van der Waals surface area (Å²) in [4.78, 5) is 0. The summed E-state index contributed by atoms with van der Waals surface area (Å²) in [5, 5.41) is 0. The molecular weight excluding hydrogens is 292 g/mol. The van der Waals surface area contributed by atoms with Gasteiger partial charge in [0.25, 0.3) is 0 Å². The molecule has 0 heterocycles. The summed E-state index contributed by atoms with van der Waals surface area (Å²) in [6.07, 6.45) is 0. The van der Waals surface area contributed by atoms with Gasteiger partial charge in [-0.05, 0) is 0 Å². The van der Waals surface area contributed by atoms with E-state index in [-0.39, 0.29) is 55.3 Å². The van der Waals surface area contributed by atoms with Gasteiger partial charge in [-0.3, -0.25) is 0 Å². The van der Waals surface area contributed by atoms with E-state index in [0.29, 0.717) is 0 Å². The van der Waals surface area contributed by atoms with Gasteiger partial charge in [-0.15, -0.1) is 0 Å². The van der Waals surface area contributed by atoms with Crippen LogP contribution in [0.4, 0.5) is 0 Å². The summed E-state index contributed by atoms with van der Waals surface area (Å²) in [5.74, 6) is 0. The second-order valence-corrected chi connectivity index (χ2v) is 0. The molecule has 1 radical (unpaired) electrons. The predicted octanol–water partition coefficient (Wildman–Crippen LogP) is -0.621. The van der Waals surface area contributed by atoms with E-state index in [1.54, 1.807) is 0 Å². The minimum absolute atomic E-state index is 0. The summed E-state index contributed by atoms with van der Waals surface area (Å²) in [6.45, 7) is 0. The Kier molecular flexibility index (Phi) is 366. The van der Waals surface area contributed by atoms with Gasteiger partial charge < -0.3 is 11.0 Å². The van der Waals surface area contributed by atoms with E-state index in [1.807, 2.05) is 0 Å². The molecule has 0 aliphatic carbocycles. The monoisotopic (exact) mass is 293 g/mol. The van der Waals surface area contributed by atoms with E-state index < -0.39 is 0 Å². The average Bonchev–Trinajstić information content (AvgIpc) is 0. The molecular formula is FeO2Tl. The maximum atomic E-state index is 0. The third kappa shape index (κ3) is 10.1. The van der Waals surface area contributed by atoms with Crippen molar-refractivity contribution in [3.05, 3.63) is 0 Å². The first kappa shape index (κ1) is 55.0. The molecule has 0 saturated carbocycles. The van der Waals surface area contributed by atoms with Crippen LogP contribution in [0.25, 0.3) is 0 Å². The number of hydrogen-bond acceptors (Lipinski definition) is 0. The van der Waals surface area contributed by atoms with Gasteiger partial charge in [-0.25, -0.2) is 0 Å². The zero-order valence-electron chi connectivity index (χ0n) is 1.75. The molecule has 4 heteroatoms. The van der Waals surface area contributed by atoms with Crippen LogP contribution in [0.1, 0.15) is 0 Å². The fourth-order valence-electron chi connectivity index (χ4n) is 0. The molecule has 0 atom stereocenters. The molecule has 0 fully saturated rings. The van der Waals surface area contributed by atoms with Gasteiger partial charge in [0.15, 0.2) is 0 Å². The Labute approximate surface area is 55.2 Å². The number of hydrogen-bond donors (Lipinski definition) is 0. The molecule has 0 aromatic rings. The van der Waals surface area contributed by atoms with Gasteiger partial charge in [-0.1, -0.05) is 0 Å². The third-order valence-corrected chi connectivity index (χ3v) is 0. The van der Waals surface area contributed by atoms with Gasteiger partial charge in [-0.2, -0.15) is 0 Å². The third-order valence-electron chi connectivity index (χ3n) is 0. The SMILES string of the molecule is [Fe+3].[O-2].[O-2].[Tl+]. The topological polar surface area (TPSA) is 57.0 Å². The van der Waals surface area contributed by atoms with Gasteiger partial charge in [0.1, 0.15) is 0 Å². The van der Waals surface area contributed by atoms with Crippen molar-refractivity contribution in [1.82, 2.24) is 0 Å². The molecule has 0 saturated heterocycles.